The molecule has 0 radical (unpaired) electrons. The van der Waals surface area contributed by atoms with Gasteiger partial charge in [0.25, 0.3) is 0 Å². The van der Waals surface area contributed by atoms with Crippen molar-refractivity contribution in [2.45, 2.75) is 49.7 Å². The molecule has 0 aromatic heterocycles. The lowest BCUT2D eigenvalue weighted by molar-refractivity contribution is -0.164. The highest BCUT2D eigenvalue weighted by Crippen LogP contribution is 2.40. The largest absolute Gasteiger partial charge is 0.479 e. The Morgan fingerprint density at radius 2 is 1.67 bits per heavy atom. The molecule has 0 spiro atoms. The van der Waals surface area contributed by atoms with Crippen molar-refractivity contribution < 1.29 is 9.90 Å². The van der Waals surface area contributed by atoms with Gasteiger partial charge in [0.05, 0.1) is 5.54 Å². The maximum Gasteiger partial charge on any atom is 0.343 e. The van der Waals surface area contributed by atoms with Gasteiger partial charge in [-0.3, -0.25) is 0 Å². The highest BCUT2D eigenvalue weighted by Gasteiger charge is 2.62. The Bertz CT molecular complexity index is 374. The van der Waals surface area contributed by atoms with Gasteiger partial charge in [-0.25, -0.2) is 26.5 Å². The first-order chi connectivity index (χ1) is 10.2. The van der Waals surface area contributed by atoms with E-state index in [4.69, 9.17) is 0 Å². The first-order valence-corrected chi connectivity index (χ1v) is 7.49. The Morgan fingerprint density at radius 1 is 0.952 bits per heavy atom. The zero-order chi connectivity index (χ0) is 14.8. The third-order valence-electron chi connectivity index (χ3n) is 4.94. The minimum Gasteiger partial charge on any atom is -0.479 e. The summed E-state index contributed by atoms with van der Waals surface area (Å²) >= 11 is 0. The van der Waals surface area contributed by atoms with Crippen LogP contribution >= 0.6 is 0 Å². The molecular weight excluding hydrogens is 276 g/mol. The summed E-state index contributed by atoms with van der Waals surface area (Å²) in [4.78, 5) is 12.1. The predicted molar refractivity (Wildman–Crippen MR) is 74.2 cm³/mol. The maximum absolute atomic E-state index is 12.1. The van der Waals surface area contributed by atoms with Crippen LogP contribution in [0.1, 0.15) is 38.5 Å². The van der Waals surface area contributed by atoms with Crippen molar-refractivity contribution in [3.63, 3.8) is 0 Å². The van der Waals surface area contributed by atoms with E-state index < -0.39 is 17.2 Å². The SMILES string of the molecule is O=C(O)C1(C2(C3CCCCC3)CCNNN2)NNNNN1. The van der Waals surface area contributed by atoms with Crippen molar-refractivity contribution in [1.82, 2.24) is 43.8 Å². The van der Waals surface area contributed by atoms with Crippen LogP contribution in [0, 0.1) is 5.92 Å². The van der Waals surface area contributed by atoms with E-state index in [1.807, 2.05) is 0 Å². The van der Waals surface area contributed by atoms with E-state index in [0.717, 1.165) is 25.7 Å². The topological polar surface area (TPSA) is 134 Å². The molecule has 0 amide bonds. The van der Waals surface area contributed by atoms with E-state index in [9.17, 15) is 9.90 Å². The van der Waals surface area contributed by atoms with E-state index in [2.05, 4.69) is 43.8 Å². The smallest absolute Gasteiger partial charge is 0.343 e. The molecular formula is C11H24N8O2. The molecule has 2 heterocycles. The van der Waals surface area contributed by atoms with Gasteiger partial charge in [0.2, 0.25) is 5.66 Å². The van der Waals surface area contributed by atoms with E-state index in [1.165, 1.54) is 6.42 Å². The molecule has 0 aromatic rings. The lowest BCUT2D eigenvalue weighted by Crippen LogP contribution is -2.92. The summed E-state index contributed by atoms with van der Waals surface area (Å²) < 4.78 is 0. The zero-order valence-electron chi connectivity index (χ0n) is 11.9. The minimum absolute atomic E-state index is 0.249. The molecule has 2 aliphatic heterocycles. The van der Waals surface area contributed by atoms with Crippen LogP contribution in [-0.4, -0.2) is 28.8 Å². The van der Waals surface area contributed by atoms with Gasteiger partial charge < -0.3 is 5.11 Å². The summed E-state index contributed by atoms with van der Waals surface area (Å²) in [5.41, 5.74) is 20.8. The summed E-state index contributed by atoms with van der Waals surface area (Å²) in [6.07, 6.45) is 6.20. The third kappa shape index (κ3) is 2.43. The molecule has 10 nitrogen and oxygen atoms in total. The van der Waals surface area contributed by atoms with Crippen LogP contribution in [0.2, 0.25) is 0 Å². The summed E-state index contributed by atoms with van der Waals surface area (Å²) in [6.45, 7) is 0.690. The Labute approximate surface area is 123 Å². The molecule has 120 valence electrons. The number of hydrazine groups is 6. The van der Waals surface area contributed by atoms with Gasteiger partial charge in [0.1, 0.15) is 0 Å². The fourth-order valence-corrected chi connectivity index (χ4v) is 3.86. The van der Waals surface area contributed by atoms with Crippen molar-refractivity contribution in [1.29, 1.82) is 0 Å². The number of carboxylic acids is 1. The average Bonchev–Trinajstić information content (AvgIpc) is 2.57. The number of hydrogen-bond acceptors (Lipinski definition) is 9. The fourth-order valence-electron chi connectivity index (χ4n) is 3.86. The molecule has 3 aliphatic rings. The highest BCUT2D eigenvalue weighted by molar-refractivity contribution is 5.80. The molecule has 9 N–H and O–H groups in total. The van der Waals surface area contributed by atoms with Crippen LogP contribution in [0.25, 0.3) is 0 Å². The number of hydrogen-bond donors (Lipinski definition) is 9. The molecule has 1 unspecified atom stereocenters. The van der Waals surface area contributed by atoms with Crippen LogP contribution in [0.5, 0.6) is 0 Å². The Kier molecular flexibility index (Phi) is 4.38. The molecule has 1 atom stereocenters. The second-order valence-electron chi connectivity index (χ2n) is 5.91. The zero-order valence-corrected chi connectivity index (χ0v) is 11.9. The van der Waals surface area contributed by atoms with Crippen molar-refractivity contribution >= 4 is 5.97 Å². The van der Waals surface area contributed by atoms with Crippen molar-refractivity contribution in [2.75, 3.05) is 6.54 Å². The summed E-state index contributed by atoms with van der Waals surface area (Å²) in [6, 6.07) is 0. The molecule has 1 aliphatic carbocycles. The van der Waals surface area contributed by atoms with E-state index in [0.29, 0.717) is 13.0 Å². The average molecular weight is 300 g/mol. The van der Waals surface area contributed by atoms with Gasteiger partial charge in [-0.2, -0.15) is 22.1 Å². The molecule has 10 heteroatoms. The van der Waals surface area contributed by atoms with Gasteiger partial charge in [0.15, 0.2) is 0 Å². The van der Waals surface area contributed by atoms with Crippen LogP contribution in [-0.2, 0) is 4.79 Å². The Morgan fingerprint density at radius 3 is 2.24 bits per heavy atom. The van der Waals surface area contributed by atoms with Crippen LogP contribution in [0.4, 0.5) is 0 Å². The van der Waals surface area contributed by atoms with Crippen molar-refractivity contribution in [2.24, 2.45) is 5.92 Å². The molecule has 0 bridgehead atoms. The summed E-state index contributed by atoms with van der Waals surface area (Å²) in [5, 5.41) is 9.92. The van der Waals surface area contributed by atoms with Gasteiger partial charge in [-0.1, -0.05) is 19.3 Å². The van der Waals surface area contributed by atoms with Gasteiger partial charge >= 0.3 is 5.97 Å². The quantitative estimate of drug-likeness (QED) is 0.280. The lowest BCUT2D eigenvalue weighted by Gasteiger charge is -2.56. The van der Waals surface area contributed by atoms with Crippen LogP contribution in [0.3, 0.4) is 0 Å². The Balaban J connectivity index is 1.97. The van der Waals surface area contributed by atoms with E-state index in [-0.39, 0.29) is 5.92 Å². The predicted octanol–water partition coefficient (Wildman–Crippen LogP) is -2.29. The minimum atomic E-state index is -1.38. The van der Waals surface area contributed by atoms with Crippen molar-refractivity contribution in [3.8, 4) is 0 Å². The molecule has 21 heavy (non-hydrogen) atoms. The number of carbonyl (C=O) groups is 1. The van der Waals surface area contributed by atoms with Gasteiger partial charge in [-0.05, 0) is 25.2 Å². The highest BCUT2D eigenvalue weighted by atomic mass is 16.4. The number of rotatable bonds is 3. The summed E-state index contributed by atoms with van der Waals surface area (Å²) in [5.74, 6) is -0.718. The Hall–Kier alpha value is -0.850. The standard InChI is InChI=1S/C11H24N8O2/c20-9(21)11(14-17-19-18-15-11)10(6-7-12-16-13-10)8-4-2-1-3-5-8/h8,12-19H,1-7H2,(H,20,21). The number of nitrogens with one attached hydrogen (secondary N) is 8. The lowest BCUT2D eigenvalue weighted by atomic mass is 9.66. The second kappa shape index (κ2) is 6.10. The number of aliphatic carboxylic acids is 1. The maximum atomic E-state index is 12.1. The normalized spacial score (nSPS) is 34.5. The van der Waals surface area contributed by atoms with E-state index in [1.54, 1.807) is 0 Å². The number of carboxylic acid groups (broad SMARTS) is 1. The van der Waals surface area contributed by atoms with Gasteiger partial charge in [0, 0.05) is 6.54 Å². The molecule has 3 fully saturated rings. The second-order valence-corrected chi connectivity index (χ2v) is 5.91. The molecule has 2 saturated heterocycles. The third-order valence-corrected chi connectivity index (χ3v) is 4.94. The molecule has 3 rings (SSSR count). The van der Waals surface area contributed by atoms with Crippen molar-refractivity contribution in [3.05, 3.63) is 0 Å². The summed E-state index contributed by atoms with van der Waals surface area (Å²) in [7, 11) is 0. The monoisotopic (exact) mass is 300 g/mol. The fraction of sp³-hybridized carbons (Fsp3) is 0.909. The van der Waals surface area contributed by atoms with Crippen LogP contribution in [0.15, 0.2) is 0 Å². The first-order valence-electron chi connectivity index (χ1n) is 7.49. The van der Waals surface area contributed by atoms with Crippen LogP contribution < -0.4 is 43.8 Å². The van der Waals surface area contributed by atoms with E-state index >= 15 is 0 Å². The molecule has 0 aromatic carbocycles. The molecule has 1 saturated carbocycles. The first kappa shape index (κ1) is 15.1. The van der Waals surface area contributed by atoms with Gasteiger partial charge in [-0.15, -0.1) is 0 Å².